The maximum Gasteiger partial charge on any atom is 0.573 e. The molecule has 0 spiro atoms. The molecule has 0 fully saturated rings. The zero-order chi connectivity index (χ0) is 33.8. The number of carbonyl (C=O) groups excluding carboxylic acids is 1. The van der Waals surface area contributed by atoms with Gasteiger partial charge in [0.1, 0.15) is 11.4 Å². The number of rotatable bonds is 14. The lowest BCUT2D eigenvalue weighted by molar-refractivity contribution is -0.274. The van der Waals surface area contributed by atoms with E-state index < -0.39 is 6.36 Å². The van der Waals surface area contributed by atoms with Gasteiger partial charge in [0.15, 0.2) is 0 Å². The molecule has 0 unspecified atom stereocenters. The average molecular weight is 627 g/mol. The molecule has 11 heteroatoms. The normalized spacial score (nSPS) is 11.3. The van der Waals surface area contributed by atoms with E-state index in [1.54, 1.807) is 18.5 Å². The Morgan fingerprint density at radius 2 is 1.80 bits per heavy atom. The van der Waals surface area contributed by atoms with Crippen molar-refractivity contribution in [3.8, 4) is 17.0 Å². The maximum atomic E-state index is 12.6. The number of halogens is 3. The second-order valence-corrected chi connectivity index (χ2v) is 9.25. The number of hydrogen-bond donors (Lipinski definition) is 2. The molecule has 1 amide bonds. The van der Waals surface area contributed by atoms with Crippen molar-refractivity contribution in [1.82, 2.24) is 20.2 Å². The highest BCUT2D eigenvalue weighted by molar-refractivity contribution is 5.93. The predicted molar refractivity (Wildman–Crippen MR) is 178 cm³/mol. The van der Waals surface area contributed by atoms with E-state index in [1.807, 2.05) is 76.9 Å². The summed E-state index contributed by atoms with van der Waals surface area (Å²) in [5.74, 6) is -0.617. The standard InChI is InChI=1S/C30H33F3N6O2.2C2H6/c1-21-23(18-27(38-21)22-10-9-13-26(17-22)41-30(31,32)33)16-24(34-2)11-6-8-15-39(4)20-28(35-3)29(40)37-19-25-12-5-7-14-36-25;2*1-2/h5,7,9-10,12-14,16-18,20,38H,2-3,6,8,11,15,19H2,1,4H3,(H,37,40);2*1-2H3/b24-16-,28-20-;;. The van der Waals surface area contributed by atoms with Crippen molar-refractivity contribution < 1.29 is 22.7 Å². The van der Waals surface area contributed by atoms with Crippen LogP contribution in [0.5, 0.6) is 5.75 Å². The van der Waals surface area contributed by atoms with E-state index in [9.17, 15) is 18.0 Å². The molecule has 8 nitrogen and oxygen atoms in total. The second-order valence-electron chi connectivity index (χ2n) is 9.25. The zero-order valence-corrected chi connectivity index (χ0v) is 27.0. The highest BCUT2D eigenvalue weighted by Gasteiger charge is 2.31. The Hall–Kier alpha value is -4.67. The molecular weight excluding hydrogens is 581 g/mol. The molecule has 244 valence electrons. The number of nitrogens with zero attached hydrogens (tertiary/aromatic N) is 4. The second kappa shape index (κ2) is 20.3. The lowest BCUT2D eigenvalue weighted by Gasteiger charge is -2.15. The van der Waals surface area contributed by atoms with Gasteiger partial charge in [-0.15, -0.1) is 13.2 Å². The van der Waals surface area contributed by atoms with E-state index >= 15 is 0 Å². The van der Waals surface area contributed by atoms with E-state index in [-0.39, 0.29) is 17.4 Å². The fraction of sp³-hybridized carbons (Fsp3) is 0.353. The molecule has 1 aromatic carbocycles. The van der Waals surface area contributed by atoms with Gasteiger partial charge in [-0.3, -0.25) is 19.8 Å². The topological polar surface area (TPSA) is 95.0 Å². The van der Waals surface area contributed by atoms with Gasteiger partial charge in [-0.05, 0) is 81.6 Å². The van der Waals surface area contributed by atoms with Crippen molar-refractivity contribution in [2.24, 2.45) is 9.98 Å². The van der Waals surface area contributed by atoms with Crippen LogP contribution < -0.4 is 10.1 Å². The summed E-state index contributed by atoms with van der Waals surface area (Å²) in [4.78, 5) is 29.7. The third kappa shape index (κ3) is 14.1. The number of aryl methyl sites for hydroxylation is 1. The SMILES string of the molecule is C=N/C(=C\c1cc(-c2cccc(OC(F)(F)F)c2)[nH]c1C)CCCCN(C)/C=C(\N=C)C(=O)NCc1ccccn1.CC.CC. The summed E-state index contributed by atoms with van der Waals surface area (Å²) in [6.45, 7) is 18.0. The van der Waals surface area contributed by atoms with Gasteiger partial charge < -0.3 is 19.9 Å². The minimum absolute atomic E-state index is 0.214. The van der Waals surface area contributed by atoms with Crippen molar-refractivity contribution >= 4 is 25.4 Å². The van der Waals surface area contributed by atoms with Gasteiger partial charge in [-0.2, -0.15) is 0 Å². The Bertz CT molecular complexity index is 1400. The summed E-state index contributed by atoms with van der Waals surface area (Å²) in [5.41, 5.74) is 4.68. The number of allylic oxidation sites excluding steroid dienone is 1. The number of unbranched alkanes of at least 4 members (excludes halogenated alkanes) is 1. The van der Waals surface area contributed by atoms with Crippen LogP contribution in [0.15, 0.2) is 82.3 Å². The molecule has 0 aliphatic heterocycles. The molecule has 0 atom stereocenters. The highest BCUT2D eigenvalue weighted by atomic mass is 19.4. The van der Waals surface area contributed by atoms with Crippen LogP contribution in [0.3, 0.4) is 0 Å². The molecule has 0 aliphatic rings. The van der Waals surface area contributed by atoms with E-state index in [2.05, 4.69) is 43.4 Å². The smallest absolute Gasteiger partial charge is 0.406 e. The van der Waals surface area contributed by atoms with Gasteiger partial charge in [0.05, 0.1) is 12.2 Å². The van der Waals surface area contributed by atoms with Crippen molar-refractivity contribution in [2.45, 2.75) is 66.8 Å². The Balaban J connectivity index is 0.00000243. The van der Waals surface area contributed by atoms with Crippen LogP contribution in [-0.4, -0.2) is 54.2 Å². The fourth-order valence-corrected chi connectivity index (χ4v) is 3.99. The highest BCUT2D eigenvalue weighted by Crippen LogP contribution is 2.29. The van der Waals surface area contributed by atoms with Crippen molar-refractivity contribution in [2.75, 3.05) is 13.6 Å². The minimum atomic E-state index is -4.76. The molecule has 2 N–H and O–H groups in total. The Morgan fingerprint density at radius 1 is 1.07 bits per heavy atom. The Labute approximate surface area is 264 Å². The zero-order valence-electron chi connectivity index (χ0n) is 27.0. The molecule has 0 radical (unpaired) electrons. The molecule has 2 heterocycles. The minimum Gasteiger partial charge on any atom is -0.406 e. The third-order valence-electron chi connectivity index (χ3n) is 6.05. The molecule has 0 saturated heterocycles. The first-order valence-electron chi connectivity index (χ1n) is 14.9. The van der Waals surface area contributed by atoms with Crippen LogP contribution in [-0.2, 0) is 11.3 Å². The molecule has 2 aromatic heterocycles. The molecule has 0 bridgehead atoms. The first-order chi connectivity index (χ1) is 21.6. The van der Waals surface area contributed by atoms with E-state index in [0.717, 1.165) is 35.5 Å². The number of benzene rings is 1. The molecule has 0 aliphatic carbocycles. The summed E-state index contributed by atoms with van der Waals surface area (Å²) in [5, 5.41) is 2.79. The lowest BCUT2D eigenvalue weighted by atomic mass is 10.1. The fourth-order valence-electron chi connectivity index (χ4n) is 3.99. The number of alkyl halides is 3. The van der Waals surface area contributed by atoms with E-state index in [1.165, 1.54) is 18.2 Å². The van der Waals surface area contributed by atoms with Gasteiger partial charge in [0.2, 0.25) is 0 Å². The van der Waals surface area contributed by atoms with E-state index in [4.69, 9.17) is 0 Å². The summed E-state index contributed by atoms with van der Waals surface area (Å²) < 4.78 is 41.8. The largest absolute Gasteiger partial charge is 0.573 e. The van der Waals surface area contributed by atoms with Crippen LogP contribution in [0.25, 0.3) is 17.3 Å². The molecule has 45 heavy (non-hydrogen) atoms. The van der Waals surface area contributed by atoms with Gasteiger partial charge >= 0.3 is 6.36 Å². The number of amides is 1. The van der Waals surface area contributed by atoms with Crippen LogP contribution in [0.2, 0.25) is 0 Å². The summed E-state index contributed by atoms with van der Waals surface area (Å²) in [6.07, 6.45) is 2.79. The van der Waals surface area contributed by atoms with Crippen molar-refractivity contribution in [3.63, 3.8) is 0 Å². The number of pyridine rings is 1. The Morgan fingerprint density at radius 3 is 2.42 bits per heavy atom. The number of carbonyl (C=O) groups is 1. The van der Waals surface area contributed by atoms with Gasteiger partial charge in [-0.1, -0.05) is 45.9 Å². The monoisotopic (exact) mass is 626 g/mol. The number of aliphatic imine (C=N–C) groups is 2. The number of hydrogen-bond acceptors (Lipinski definition) is 6. The molecular formula is C34H45F3N6O2. The molecule has 3 rings (SSSR count). The van der Waals surface area contributed by atoms with Crippen LogP contribution in [0, 0.1) is 6.92 Å². The number of H-pyrrole nitrogens is 1. The van der Waals surface area contributed by atoms with Gasteiger partial charge in [0.25, 0.3) is 5.91 Å². The van der Waals surface area contributed by atoms with Crippen LogP contribution >= 0.6 is 0 Å². The molecule has 3 aromatic rings. The van der Waals surface area contributed by atoms with Crippen molar-refractivity contribution in [3.05, 3.63) is 89.3 Å². The van der Waals surface area contributed by atoms with Gasteiger partial charge in [-0.25, -0.2) is 0 Å². The first-order valence-corrected chi connectivity index (χ1v) is 14.9. The number of ether oxygens (including phenoxy) is 1. The summed E-state index contributed by atoms with van der Waals surface area (Å²) in [7, 11) is 1.86. The maximum absolute atomic E-state index is 12.6. The lowest BCUT2D eigenvalue weighted by Crippen LogP contribution is -2.26. The van der Waals surface area contributed by atoms with Crippen LogP contribution in [0.4, 0.5) is 13.2 Å². The summed E-state index contributed by atoms with van der Waals surface area (Å²) >= 11 is 0. The Kier molecular flexibility index (Phi) is 17.3. The number of nitrogens with one attached hydrogen (secondary N) is 2. The third-order valence-corrected chi connectivity index (χ3v) is 6.05. The number of aromatic amines is 1. The van der Waals surface area contributed by atoms with E-state index in [0.29, 0.717) is 30.8 Å². The number of aromatic nitrogens is 2. The first kappa shape index (κ1) is 38.4. The van der Waals surface area contributed by atoms with Crippen LogP contribution in [0.1, 0.15) is 63.9 Å². The predicted octanol–water partition coefficient (Wildman–Crippen LogP) is 8.34. The van der Waals surface area contributed by atoms with Gasteiger partial charge in [0, 0.05) is 48.6 Å². The quantitative estimate of drug-likeness (QED) is 0.107. The molecule has 0 saturated carbocycles. The summed E-state index contributed by atoms with van der Waals surface area (Å²) in [6, 6.07) is 13.1. The van der Waals surface area contributed by atoms with Crippen molar-refractivity contribution in [1.29, 1.82) is 0 Å². The average Bonchev–Trinajstić information content (AvgIpc) is 3.41.